The first kappa shape index (κ1) is 13.8. The van der Waals surface area contributed by atoms with Gasteiger partial charge in [-0.25, -0.2) is 0 Å². The molecule has 1 aromatic rings. The molecule has 96 valence electrons. The van der Waals surface area contributed by atoms with E-state index < -0.39 is 0 Å². The van der Waals surface area contributed by atoms with E-state index >= 15 is 0 Å². The van der Waals surface area contributed by atoms with Gasteiger partial charge in [0.2, 0.25) is 5.88 Å². The van der Waals surface area contributed by atoms with E-state index in [4.69, 9.17) is 4.74 Å². The number of anilines is 1. The molecule has 0 saturated heterocycles. The lowest BCUT2D eigenvalue weighted by Crippen LogP contribution is -2.21. The number of nitrogens with one attached hydrogen (secondary N) is 1. The SMILES string of the molecule is CCCCOc1cccc(NCCN(C)C)n1. The molecule has 1 aromatic heterocycles. The summed E-state index contributed by atoms with van der Waals surface area (Å²) in [7, 11) is 4.11. The largest absolute Gasteiger partial charge is 0.478 e. The van der Waals surface area contributed by atoms with Gasteiger partial charge in [0.05, 0.1) is 6.61 Å². The lowest BCUT2D eigenvalue weighted by atomic mass is 10.4. The average molecular weight is 237 g/mol. The summed E-state index contributed by atoms with van der Waals surface area (Å²) in [6, 6.07) is 5.82. The molecule has 0 aliphatic heterocycles. The van der Waals surface area contributed by atoms with Crippen LogP contribution in [0.5, 0.6) is 5.88 Å². The molecule has 4 nitrogen and oxygen atoms in total. The number of rotatable bonds is 8. The zero-order valence-corrected chi connectivity index (χ0v) is 11.1. The lowest BCUT2D eigenvalue weighted by molar-refractivity contribution is 0.298. The van der Waals surface area contributed by atoms with Gasteiger partial charge in [-0.05, 0) is 26.6 Å². The molecule has 4 heteroatoms. The van der Waals surface area contributed by atoms with Gasteiger partial charge < -0.3 is 15.0 Å². The summed E-state index contributed by atoms with van der Waals surface area (Å²) in [5.41, 5.74) is 0. The summed E-state index contributed by atoms with van der Waals surface area (Å²) >= 11 is 0. The van der Waals surface area contributed by atoms with Gasteiger partial charge in [0.15, 0.2) is 0 Å². The molecule has 0 saturated carbocycles. The van der Waals surface area contributed by atoms with E-state index in [9.17, 15) is 0 Å². The first-order valence-corrected chi connectivity index (χ1v) is 6.21. The fourth-order valence-corrected chi connectivity index (χ4v) is 1.32. The number of nitrogens with zero attached hydrogens (tertiary/aromatic N) is 2. The Balaban J connectivity index is 2.37. The van der Waals surface area contributed by atoms with Crippen molar-refractivity contribution < 1.29 is 4.74 Å². The molecule has 1 rings (SSSR count). The number of ether oxygens (including phenoxy) is 1. The maximum Gasteiger partial charge on any atom is 0.215 e. The van der Waals surface area contributed by atoms with Crippen LogP contribution in [-0.2, 0) is 0 Å². The number of unbranched alkanes of at least 4 members (excludes halogenated alkanes) is 1. The second kappa shape index (κ2) is 7.90. The molecule has 0 radical (unpaired) electrons. The lowest BCUT2D eigenvalue weighted by Gasteiger charge is -2.11. The Bertz CT molecular complexity index is 315. The van der Waals surface area contributed by atoms with Gasteiger partial charge >= 0.3 is 0 Å². The predicted octanol–water partition coefficient (Wildman–Crippen LogP) is 2.23. The normalized spacial score (nSPS) is 10.6. The standard InChI is InChI=1S/C13H23N3O/c1-4-5-11-17-13-8-6-7-12(15-13)14-9-10-16(2)3/h6-8H,4-5,9-11H2,1-3H3,(H,14,15). The van der Waals surface area contributed by atoms with Gasteiger partial charge in [-0.3, -0.25) is 0 Å². The van der Waals surface area contributed by atoms with Crippen molar-refractivity contribution in [2.24, 2.45) is 0 Å². The molecule has 0 bridgehead atoms. The summed E-state index contributed by atoms with van der Waals surface area (Å²) < 4.78 is 5.55. The van der Waals surface area contributed by atoms with Gasteiger partial charge in [0.25, 0.3) is 0 Å². The Kier molecular flexibility index (Phi) is 6.40. The van der Waals surface area contributed by atoms with E-state index in [-0.39, 0.29) is 0 Å². The first-order chi connectivity index (χ1) is 8.22. The predicted molar refractivity (Wildman–Crippen MR) is 71.7 cm³/mol. The molecule has 0 spiro atoms. The third-order valence-corrected chi connectivity index (χ3v) is 2.34. The van der Waals surface area contributed by atoms with Crippen molar-refractivity contribution in [3.05, 3.63) is 18.2 Å². The van der Waals surface area contributed by atoms with Gasteiger partial charge in [-0.15, -0.1) is 0 Å². The van der Waals surface area contributed by atoms with Crippen molar-refractivity contribution in [1.29, 1.82) is 0 Å². The minimum Gasteiger partial charge on any atom is -0.478 e. The first-order valence-electron chi connectivity index (χ1n) is 6.21. The zero-order valence-electron chi connectivity index (χ0n) is 11.1. The van der Waals surface area contributed by atoms with Crippen LogP contribution >= 0.6 is 0 Å². The average Bonchev–Trinajstić information content (AvgIpc) is 2.29. The Morgan fingerprint density at radius 1 is 1.35 bits per heavy atom. The maximum atomic E-state index is 5.55. The Labute approximate surface area is 104 Å². The van der Waals surface area contributed by atoms with Crippen LogP contribution in [-0.4, -0.2) is 43.7 Å². The molecule has 1 heterocycles. The molecule has 0 atom stereocenters. The van der Waals surface area contributed by atoms with E-state index in [1.54, 1.807) is 0 Å². The summed E-state index contributed by atoms with van der Waals surface area (Å²) in [6.07, 6.45) is 2.21. The number of likely N-dealkylation sites (N-methyl/N-ethyl adjacent to an activating group) is 1. The molecule has 1 N–H and O–H groups in total. The Morgan fingerprint density at radius 3 is 2.88 bits per heavy atom. The highest BCUT2D eigenvalue weighted by Gasteiger charge is 1.98. The van der Waals surface area contributed by atoms with Crippen molar-refractivity contribution in [3.8, 4) is 5.88 Å². The van der Waals surface area contributed by atoms with Crippen LogP contribution in [0.3, 0.4) is 0 Å². The summed E-state index contributed by atoms with van der Waals surface area (Å²) in [6.45, 7) is 4.77. The molecule has 0 amide bonds. The van der Waals surface area contributed by atoms with Gasteiger partial charge in [0.1, 0.15) is 5.82 Å². The van der Waals surface area contributed by atoms with Crippen LogP contribution in [0.1, 0.15) is 19.8 Å². The minimum absolute atomic E-state index is 0.702. The van der Waals surface area contributed by atoms with E-state index in [0.29, 0.717) is 5.88 Å². The molecule has 0 aliphatic carbocycles. The van der Waals surface area contributed by atoms with E-state index in [1.807, 2.05) is 18.2 Å². The second-order valence-electron chi connectivity index (χ2n) is 4.29. The number of hydrogen-bond donors (Lipinski definition) is 1. The highest BCUT2D eigenvalue weighted by molar-refractivity contribution is 5.36. The van der Waals surface area contributed by atoms with E-state index in [0.717, 1.165) is 38.4 Å². The van der Waals surface area contributed by atoms with Crippen LogP contribution in [0, 0.1) is 0 Å². The minimum atomic E-state index is 0.702. The maximum absolute atomic E-state index is 5.55. The molecule has 0 unspecified atom stereocenters. The fraction of sp³-hybridized carbons (Fsp3) is 0.615. The van der Waals surface area contributed by atoms with Crippen molar-refractivity contribution in [2.45, 2.75) is 19.8 Å². The smallest absolute Gasteiger partial charge is 0.215 e. The second-order valence-corrected chi connectivity index (χ2v) is 4.29. The number of aromatic nitrogens is 1. The number of hydrogen-bond acceptors (Lipinski definition) is 4. The third kappa shape index (κ3) is 6.12. The topological polar surface area (TPSA) is 37.4 Å². The summed E-state index contributed by atoms with van der Waals surface area (Å²) in [5.74, 6) is 1.58. The molecule has 0 aliphatic rings. The molecular weight excluding hydrogens is 214 g/mol. The molecule has 0 fully saturated rings. The third-order valence-electron chi connectivity index (χ3n) is 2.34. The van der Waals surface area contributed by atoms with Crippen LogP contribution in [0.15, 0.2) is 18.2 Å². The molecular formula is C13H23N3O. The quantitative estimate of drug-likeness (QED) is 0.704. The van der Waals surface area contributed by atoms with Crippen molar-refractivity contribution in [1.82, 2.24) is 9.88 Å². The van der Waals surface area contributed by atoms with Crippen molar-refractivity contribution in [2.75, 3.05) is 39.1 Å². The van der Waals surface area contributed by atoms with Crippen molar-refractivity contribution in [3.63, 3.8) is 0 Å². The Morgan fingerprint density at radius 2 is 2.18 bits per heavy atom. The van der Waals surface area contributed by atoms with Crippen LogP contribution in [0.2, 0.25) is 0 Å². The Hall–Kier alpha value is -1.29. The summed E-state index contributed by atoms with van der Waals surface area (Å²) in [4.78, 5) is 6.52. The highest BCUT2D eigenvalue weighted by atomic mass is 16.5. The molecule has 0 aromatic carbocycles. The van der Waals surface area contributed by atoms with E-state index in [1.165, 1.54) is 0 Å². The van der Waals surface area contributed by atoms with Gasteiger partial charge in [-0.1, -0.05) is 19.4 Å². The van der Waals surface area contributed by atoms with Gasteiger partial charge in [-0.2, -0.15) is 4.98 Å². The molecule has 17 heavy (non-hydrogen) atoms. The van der Waals surface area contributed by atoms with E-state index in [2.05, 4.69) is 36.2 Å². The van der Waals surface area contributed by atoms with Crippen LogP contribution in [0.25, 0.3) is 0 Å². The van der Waals surface area contributed by atoms with Gasteiger partial charge in [0, 0.05) is 19.2 Å². The van der Waals surface area contributed by atoms with Crippen LogP contribution < -0.4 is 10.1 Å². The van der Waals surface area contributed by atoms with Crippen LogP contribution in [0.4, 0.5) is 5.82 Å². The monoisotopic (exact) mass is 237 g/mol. The number of pyridine rings is 1. The zero-order chi connectivity index (χ0) is 12.5. The van der Waals surface area contributed by atoms with Crippen molar-refractivity contribution >= 4 is 5.82 Å². The summed E-state index contributed by atoms with van der Waals surface area (Å²) in [5, 5.41) is 3.27. The highest BCUT2D eigenvalue weighted by Crippen LogP contribution is 2.11. The fourth-order valence-electron chi connectivity index (χ4n) is 1.32.